The van der Waals surface area contributed by atoms with Gasteiger partial charge in [0, 0.05) is 14.1 Å². The molecule has 2 atom stereocenters. The maximum absolute atomic E-state index is 10.9. The molecule has 0 spiro atoms. The summed E-state index contributed by atoms with van der Waals surface area (Å²) in [6.45, 7) is 0. The van der Waals surface area contributed by atoms with Crippen LogP contribution in [-0.2, 0) is 14.0 Å². The highest BCUT2D eigenvalue weighted by Crippen LogP contribution is 2.36. The Bertz CT molecular complexity index is 818. The van der Waals surface area contributed by atoms with E-state index in [9.17, 15) is 4.57 Å². The zero-order valence-corrected chi connectivity index (χ0v) is 13.8. The second-order valence-corrected chi connectivity index (χ2v) is 6.55. The fourth-order valence-corrected chi connectivity index (χ4v) is 2.57. The minimum atomic E-state index is -4.25. The number of ether oxygens (including phenoxy) is 2. The number of imidazole rings is 1. The van der Waals surface area contributed by atoms with Crippen molar-refractivity contribution in [3.63, 3.8) is 0 Å². The van der Waals surface area contributed by atoms with Crippen LogP contribution in [0.15, 0.2) is 18.5 Å². The van der Waals surface area contributed by atoms with Crippen LogP contribution in [0.1, 0.15) is 6.23 Å². The zero-order chi connectivity index (χ0) is 17.3. The molecule has 1 aliphatic heterocycles. The van der Waals surface area contributed by atoms with Gasteiger partial charge in [0.05, 0.1) is 6.33 Å². The van der Waals surface area contributed by atoms with Crippen LogP contribution in [0.25, 0.3) is 11.2 Å². The Morgan fingerprint density at radius 2 is 2.12 bits per heavy atom. The van der Waals surface area contributed by atoms with E-state index in [1.165, 1.54) is 0 Å². The predicted octanol–water partition coefficient (Wildman–Crippen LogP) is 0.473. The second-order valence-electron chi connectivity index (χ2n) is 4.96. The monoisotopic (exact) mass is 356 g/mol. The van der Waals surface area contributed by atoms with Gasteiger partial charge in [0.1, 0.15) is 0 Å². The minimum absolute atomic E-state index is 0.421. The predicted molar refractivity (Wildman–Crippen MR) is 85.5 cm³/mol. The molecule has 0 radical (unpaired) electrons. The average molecular weight is 356 g/mol. The fraction of sp³-hybridized carbons (Fsp3) is 0.417. The zero-order valence-electron chi connectivity index (χ0n) is 12.9. The maximum atomic E-state index is 10.9. The third kappa shape index (κ3) is 3.40. The number of fused-ring (bicyclic) bond motifs is 1. The molecular formula is C12H17N6O5P. The molecule has 130 valence electrons. The van der Waals surface area contributed by atoms with Gasteiger partial charge >= 0.3 is 7.60 Å². The van der Waals surface area contributed by atoms with Crippen LogP contribution in [0, 0.1) is 0 Å². The summed E-state index contributed by atoms with van der Waals surface area (Å²) < 4.78 is 23.2. The molecule has 0 saturated carbocycles. The molecule has 0 saturated heterocycles. The van der Waals surface area contributed by atoms with Crippen LogP contribution in [0.3, 0.4) is 0 Å². The number of nitrogens with one attached hydrogen (secondary N) is 2. The van der Waals surface area contributed by atoms with Crippen LogP contribution in [0.5, 0.6) is 0 Å². The molecule has 4 N–H and O–H groups in total. The molecule has 0 aromatic carbocycles. The van der Waals surface area contributed by atoms with Crippen LogP contribution in [0.2, 0.25) is 0 Å². The summed E-state index contributed by atoms with van der Waals surface area (Å²) in [4.78, 5) is 30.6. The van der Waals surface area contributed by atoms with E-state index in [0.29, 0.717) is 22.9 Å². The number of rotatable bonds is 6. The first-order valence-corrected chi connectivity index (χ1v) is 8.81. The summed E-state index contributed by atoms with van der Waals surface area (Å²) in [7, 11) is -0.809. The van der Waals surface area contributed by atoms with E-state index in [1.807, 2.05) is 0 Å². The van der Waals surface area contributed by atoms with E-state index in [2.05, 4.69) is 25.6 Å². The van der Waals surface area contributed by atoms with Gasteiger partial charge in [-0.15, -0.1) is 0 Å². The number of anilines is 2. The van der Waals surface area contributed by atoms with Gasteiger partial charge in [0.25, 0.3) is 0 Å². The van der Waals surface area contributed by atoms with Crippen molar-refractivity contribution in [2.24, 2.45) is 0 Å². The molecule has 11 nitrogen and oxygen atoms in total. The van der Waals surface area contributed by atoms with Crippen molar-refractivity contribution in [2.45, 2.75) is 12.5 Å². The number of nitrogens with zero attached hydrogens (tertiary/aromatic N) is 4. The number of hydrogen-bond acceptors (Lipinski definition) is 8. The van der Waals surface area contributed by atoms with Crippen LogP contribution < -0.4 is 10.6 Å². The highest BCUT2D eigenvalue weighted by atomic mass is 31.2. The lowest BCUT2D eigenvalue weighted by Gasteiger charge is -2.16. The highest BCUT2D eigenvalue weighted by molar-refractivity contribution is 7.51. The van der Waals surface area contributed by atoms with E-state index in [0.717, 1.165) is 0 Å². The van der Waals surface area contributed by atoms with Crippen molar-refractivity contribution in [3.05, 3.63) is 18.5 Å². The minimum Gasteiger partial charge on any atom is -0.371 e. The molecule has 12 heteroatoms. The van der Waals surface area contributed by atoms with Crippen LogP contribution in [0.4, 0.5) is 11.8 Å². The van der Waals surface area contributed by atoms with Gasteiger partial charge in [-0.2, -0.15) is 9.97 Å². The van der Waals surface area contributed by atoms with Gasteiger partial charge in [-0.05, 0) is 12.2 Å². The first-order chi connectivity index (χ1) is 11.4. The van der Waals surface area contributed by atoms with Crippen molar-refractivity contribution < 1.29 is 23.8 Å². The summed E-state index contributed by atoms with van der Waals surface area (Å²) >= 11 is 0. The average Bonchev–Trinajstić information content (AvgIpc) is 3.17. The van der Waals surface area contributed by atoms with Gasteiger partial charge in [-0.3, -0.25) is 9.13 Å². The number of aromatic nitrogens is 4. The Hall–Kier alpha value is -2.04. The van der Waals surface area contributed by atoms with Gasteiger partial charge in [0.2, 0.25) is 5.95 Å². The molecule has 1 aliphatic rings. The van der Waals surface area contributed by atoms with E-state index in [4.69, 9.17) is 19.3 Å². The van der Waals surface area contributed by atoms with Gasteiger partial charge in [-0.25, -0.2) is 4.98 Å². The van der Waals surface area contributed by atoms with Crippen molar-refractivity contribution >= 4 is 30.5 Å². The number of hydrogen-bond donors (Lipinski definition) is 4. The molecule has 24 heavy (non-hydrogen) atoms. The summed E-state index contributed by atoms with van der Waals surface area (Å²) in [6.07, 6.45) is 2.71. The quantitative estimate of drug-likeness (QED) is 0.426. The molecule has 3 rings (SSSR count). The van der Waals surface area contributed by atoms with E-state index in [-0.39, 0.29) is 0 Å². The highest BCUT2D eigenvalue weighted by Gasteiger charge is 2.26. The maximum Gasteiger partial charge on any atom is 0.351 e. The van der Waals surface area contributed by atoms with E-state index in [1.54, 1.807) is 37.1 Å². The third-order valence-corrected chi connectivity index (χ3v) is 3.75. The summed E-state index contributed by atoms with van der Waals surface area (Å²) in [5.74, 6) is 0.990. The summed E-state index contributed by atoms with van der Waals surface area (Å²) in [5.41, 5.74) is 1.12. The second kappa shape index (κ2) is 6.46. The Labute approximate surface area is 136 Å². The van der Waals surface area contributed by atoms with Crippen molar-refractivity contribution in [3.8, 4) is 0 Å². The normalized spacial score (nSPS) is 20.7. The van der Waals surface area contributed by atoms with Crippen LogP contribution in [-0.4, -0.2) is 56.0 Å². The largest absolute Gasteiger partial charge is 0.371 e. The molecule has 0 fully saturated rings. The summed E-state index contributed by atoms with van der Waals surface area (Å²) in [6, 6.07) is 0. The van der Waals surface area contributed by atoms with Gasteiger partial charge in [-0.1, -0.05) is 0 Å². The lowest BCUT2D eigenvalue weighted by atomic mass is 10.4. The molecule has 0 aliphatic carbocycles. The van der Waals surface area contributed by atoms with Crippen LogP contribution >= 0.6 is 7.60 Å². The topological polar surface area (TPSA) is 144 Å². The smallest absolute Gasteiger partial charge is 0.351 e. The molecule has 0 unspecified atom stereocenters. The first-order valence-electron chi connectivity index (χ1n) is 7.01. The van der Waals surface area contributed by atoms with E-state index < -0.39 is 26.5 Å². The Balaban J connectivity index is 1.83. The van der Waals surface area contributed by atoms with Gasteiger partial charge < -0.3 is 29.9 Å². The summed E-state index contributed by atoms with van der Waals surface area (Å²) in [5, 5.41) is 5.83. The van der Waals surface area contributed by atoms with Gasteiger partial charge in [0.15, 0.2) is 35.8 Å². The molecule has 0 bridgehead atoms. The molecule has 3 heterocycles. The first kappa shape index (κ1) is 16.8. The third-order valence-electron chi connectivity index (χ3n) is 3.27. The van der Waals surface area contributed by atoms with Crippen molar-refractivity contribution in [2.75, 3.05) is 31.1 Å². The molecule has 0 amide bonds. The Kier molecular flexibility index (Phi) is 4.52. The Morgan fingerprint density at radius 1 is 1.33 bits per heavy atom. The molecule has 2 aromatic heterocycles. The standard InChI is InChI=1S/C12H17N6O5P/c1-13-10-9-11(17-12(14-2)16-10)18(5-15-9)7-3-4-8(23-7)22-6-24(19,20)21/h3-5,7-8H,6H2,1-2H3,(H2,19,20,21)(H2,13,14,16,17)/t7-,8+/m1/s1. The fourth-order valence-electron chi connectivity index (χ4n) is 2.23. The SMILES string of the molecule is CNc1nc(NC)c2ncn([C@H]3C=C[C@@H](OCP(=O)(O)O)O3)c2n1. The lowest BCUT2D eigenvalue weighted by molar-refractivity contribution is -0.125. The Morgan fingerprint density at radius 3 is 2.79 bits per heavy atom. The van der Waals surface area contributed by atoms with E-state index >= 15 is 0 Å². The van der Waals surface area contributed by atoms with Crippen molar-refractivity contribution in [1.29, 1.82) is 0 Å². The lowest BCUT2D eigenvalue weighted by Crippen LogP contribution is -2.16. The van der Waals surface area contributed by atoms with Crippen molar-refractivity contribution in [1.82, 2.24) is 19.5 Å². The molecular weight excluding hydrogens is 339 g/mol. The molecule has 2 aromatic rings.